The van der Waals surface area contributed by atoms with Gasteiger partial charge in [-0.25, -0.2) is 18.9 Å². The normalized spacial score (nSPS) is 15.1. The lowest BCUT2D eigenvalue weighted by molar-refractivity contribution is -0.126. The monoisotopic (exact) mass is 1610 g/mol. The van der Waals surface area contributed by atoms with Crippen LogP contribution in [0.4, 0.5) is 10.8 Å². The van der Waals surface area contributed by atoms with Crippen molar-refractivity contribution in [2.24, 2.45) is 4.99 Å². The number of nitrogens with zero attached hydrogens (tertiary/aromatic N) is 3. The topological polar surface area (TPSA) is 239 Å². The zero-order chi connectivity index (χ0) is 78.9. The molecule has 3 unspecified atom stereocenters. The third-order valence-electron chi connectivity index (χ3n) is 19.1. The van der Waals surface area contributed by atoms with Crippen LogP contribution in [0.15, 0.2) is 221 Å². The predicted molar refractivity (Wildman–Crippen MR) is 456 cm³/mol. The Morgan fingerprint density at radius 2 is 1.49 bits per heavy atom. The van der Waals surface area contributed by atoms with Crippen molar-refractivity contribution in [3.8, 4) is 34.3 Å². The van der Waals surface area contributed by atoms with Crippen molar-refractivity contribution in [2.45, 2.75) is 139 Å². The minimum absolute atomic E-state index is 0.0272. The van der Waals surface area contributed by atoms with E-state index in [-0.39, 0.29) is 53.9 Å². The Bertz CT molecular complexity index is 5120. The molecule has 2 saturated carbocycles. The Hall–Kier alpha value is -9.78. The van der Waals surface area contributed by atoms with E-state index >= 15 is 0 Å². The smallest absolute Gasteiger partial charge is 0.258 e. The second-order valence-corrected chi connectivity index (χ2v) is 33.6. The Balaban J connectivity index is 0.000000148. The number of ether oxygens (including phenoxy) is 3. The fourth-order valence-electron chi connectivity index (χ4n) is 13.2. The zero-order valence-corrected chi connectivity index (χ0v) is 68.1. The number of carbonyl (C=O) groups is 4. The number of hydrogen-bond acceptors (Lipinski definition) is 15. The molecule has 24 heteroatoms. The van der Waals surface area contributed by atoms with Crippen molar-refractivity contribution >= 4 is 128 Å². The van der Waals surface area contributed by atoms with Crippen molar-refractivity contribution < 1.29 is 42.7 Å². The summed E-state index contributed by atoms with van der Waals surface area (Å²) in [7, 11) is -1.07. The number of carbonyl (C=O) groups excluding carboxylic acids is 4. The molecule has 7 N–H and O–H groups in total. The average molecular weight is 1610 g/mol. The summed E-state index contributed by atoms with van der Waals surface area (Å²) in [6.45, 7) is 18.6. The molecule has 4 aromatic heterocycles. The Morgan fingerprint density at radius 3 is 2.17 bits per heavy atom. The van der Waals surface area contributed by atoms with E-state index in [1.165, 1.54) is 81.6 Å². The molecule has 11 aromatic rings. The van der Waals surface area contributed by atoms with Gasteiger partial charge in [-0.1, -0.05) is 153 Å². The van der Waals surface area contributed by atoms with Gasteiger partial charge in [0.15, 0.2) is 22.3 Å². The molecule has 582 valence electrons. The largest absolute Gasteiger partial charge is 0.508 e. The number of likely N-dealkylation sites (N-methyl/N-ethyl adjacent to an activating group) is 1. The van der Waals surface area contributed by atoms with E-state index in [1.54, 1.807) is 60.9 Å². The van der Waals surface area contributed by atoms with Gasteiger partial charge in [-0.05, 0) is 201 Å². The number of thiophene rings is 1. The molecule has 0 bridgehead atoms. The van der Waals surface area contributed by atoms with E-state index in [4.69, 9.17) is 37.4 Å². The van der Waals surface area contributed by atoms with Crippen LogP contribution >= 0.6 is 57.2 Å². The molecule has 0 radical (unpaired) electrons. The van der Waals surface area contributed by atoms with E-state index in [0.717, 1.165) is 104 Å². The van der Waals surface area contributed by atoms with E-state index in [0.29, 0.717) is 58.7 Å². The van der Waals surface area contributed by atoms with Gasteiger partial charge in [-0.15, -0.1) is 29.3 Å². The van der Waals surface area contributed by atoms with Gasteiger partial charge in [0.25, 0.3) is 5.91 Å². The van der Waals surface area contributed by atoms with Crippen molar-refractivity contribution in [2.75, 3.05) is 38.7 Å². The number of allylic oxidation sites excluding steroid dienone is 2. The van der Waals surface area contributed by atoms with E-state index in [9.17, 15) is 28.5 Å². The standard InChI is InChI=1S/C22H27NO2.C18H16N2OS.C16H19ClN2.C16H20ClNO3.C15H15N3O3S3/c1-22(2,17-8-4-3-5-9-17)18-12-14-20(15-13-18)25-16-21(24)23-19-10-6-7-11-19;1-2-12-20-17(14-6-4-3-5-7-14)13-22-18(20)19-15-8-10-16(21)11-9-15;1-3-18-10(2)12-5-4-6-13-14-9-11(17)7-8-15(14)19-16(12)13;1-11-10-12(17)7-8-15(11)21-9-3-6-16(20)18-13-4-2-5-14(13)19;1-21-10-5-6-11-12(8-10)23-15(17-11)18-13(19)9-16-24(2,20)14-4-3-7-22-14/h3-5,8-9,12-15,19H,6-7,10-11,16H2,1-2H3,(H,23,24);2-11,13,21H,1,12H2;7-9,12,18-19H,2-6H2,1H3;7-8,10,13H,2-6,9H2,1H3,(H,18,20);3-8H,2,9H2,1H3,(H,16,20)(H,17,18,19). The number of nitrogens with one attached hydrogen (secondary N) is 6. The van der Waals surface area contributed by atoms with Crippen LogP contribution in [-0.2, 0) is 47.3 Å². The summed E-state index contributed by atoms with van der Waals surface area (Å²) in [4.78, 5) is 60.7. The van der Waals surface area contributed by atoms with Gasteiger partial charge in [-0.3, -0.25) is 19.2 Å². The number of thiazole rings is 2. The third-order valence-corrected chi connectivity index (χ3v) is 24.5. The molecule has 7 aromatic carbocycles. The van der Waals surface area contributed by atoms with Crippen molar-refractivity contribution in [1.82, 2.24) is 35.2 Å². The number of Topliss-reactive ketones (excluding diaryl/α,β-unsaturated/α-hetero) is 1. The summed E-state index contributed by atoms with van der Waals surface area (Å²) >= 11 is 16.3. The number of aromatic nitrogens is 3. The highest BCUT2D eigenvalue weighted by atomic mass is 35.5. The summed E-state index contributed by atoms with van der Waals surface area (Å²) in [5, 5.41) is 28.4. The number of H-pyrrole nitrogens is 1. The number of benzene rings is 7. The van der Waals surface area contributed by atoms with Crippen LogP contribution in [0.5, 0.6) is 23.0 Å². The minimum atomic E-state index is -2.66. The first-order valence-electron chi connectivity index (χ1n) is 37.2. The van der Waals surface area contributed by atoms with Gasteiger partial charge in [-0.2, -0.15) is 0 Å². The fraction of sp³-hybridized carbons (Fsp3) is 0.299. The Morgan fingerprint density at radius 1 is 0.784 bits per heavy atom. The number of aromatic hydroxyl groups is 1. The molecule has 0 spiro atoms. The molecule has 0 saturated heterocycles. The number of anilines is 1. The third kappa shape index (κ3) is 24.1. The highest BCUT2D eigenvalue weighted by molar-refractivity contribution is 8.00. The number of amides is 3. The molecule has 14 rings (SSSR count). The van der Waals surface area contributed by atoms with E-state index < -0.39 is 9.71 Å². The maximum atomic E-state index is 12.4. The van der Waals surface area contributed by atoms with Crippen LogP contribution in [0.25, 0.3) is 32.4 Å². The van der Waals surface area contributed by atoms with Crippen molar-refractivity contribution in [3.05, 3.63) is 254 Å². The molecule has 111 heavy (non-hydrogen) atoms. The molecule has 4 heterocycles. The quantitative estimate of drug-likeness (QED) is 0.0161. The summed E-state index contributed by atoms with van der Waals surface area (Å²) in [5.41, 5.74) is 12.4. The highest BCUT2D eigenvalue weighted by Crippen LogP contribution is 2.40. The van der Waals surface area contributed by atoms with Gasteiger partial charge in [0.1, 0.15) is 23.0 Å². The van der Waals surface area contributed by atoms with E-state index in [1.807, 2.05) is 91.2 Å². The number of fused-ring (bicyclic) bond motifs is 4. The number of aryl methyl sites for hydroxylation is 2. The maximum Gasteiger partial charge on any atom is 0.258 e. The summed E-state index contributed by atoms with van der Waals surface area (Å²) in [6, 6.07) is 56.3. The van der Waals surface area contributed by atoms with Crippen LogP contribution in [0.2, 0.25) is 10.0 Å². The van der Waals surface area contributed by atoms with Gasteiger partial charge < -0.3 is 50.1 Å². The second-order valence-electron chi connectivity index (χ2n) is 27.5. The number of hydrogen-bond donors (Lipinski definition) is 7. The first-order chi connectivity index (χ1) is 53.6. The van der Waals surface area contributed by atoms with Gasteiger partial charge in [0.05, 0.1) is 61.8 Å². The average Bonchev–Trinajstić information content (AvgIpc) is 1.64. The molecular weight excluding hydrogens is 1510 g/mol. The van der Waals surface area contributed by atoms with Gasteiger partial charge >= 0.3 is 0 Å². The summed E-state index contributed by atoms with van der Waals surface area (Å²) in [6.07, 6.45) is 13.2. The minimum Gasteiger partial charge on any atom is -0.508 e. The number of halogens is 2. The zero-order valence-electron chi connectivity index (χ0n) is 63.3. The first kappa shape index (κ1) is 83.7. The fourth-order valence-corrected chi connectivity index (χ4v) is 17.7. The summed E-state index contributed by atoms with van der Waals surface area (Å²) < 4.78 is 35.2. The number of methoxy groups -OCH3 is 1. The lowest BCUT2D eigenvalue weighted by atomic mass is 9.78. The highest BCUT2D eigenvalue weighted by Gasteiger charge is 2.28. The molecule has 18 nitrogen and oxygen atoms in total. The maximum absolute atomic E-state index is 12.4. The second kappa shape index (κ2) is 41.0. The van der Waals surface area contributed by atoms with Crippen molar-refractivity contribution in [3.63, 3.8) is 0 Å². The van der Waals surface area contributed by atoms with Crippen LogP contribution in [0.1, 0.15) is 125 Å². The number of rotatable bonds is 25. The van der Waals surface area contributed by atoms with Crippen LogP contribution in [0.3, 0.4) is 0 Å². The molecule has 3 amide bonds. The Kier molecular flexibility index (Phi) is 30.9. The molecule has 3 aliphatic carbocycles. The number of ketones is 1. The van der Waals surface area contributed by atoms with Crippen LogP contribution in [0, 0.1) is 6.92 Å². The number of aromatic amines is 1. The lowest BCUT2D eigenvalue weighted by Gasteiger charge is -2.26. The first-order valence-corrected chi connectivity index (χ1v) is 42.2. The molecule has 3 aliphatic rings. The number of phenolic OH excluding ortho intramolecular Hbond substituents is 1. The van der Waals surface area contributed by atoms with Crippen LogP contribution < -0.4 is 45.0 Å². The van der Waals surface area contributed by atoms with Gasteiger partial charge in [0.2, 0.25) is 11.8 Å². The van der Waals surface area contributed by atoms with Gasteiger partial charge in [0, 0.05) is 81.0 Å². The molecule has 3 atom stereocenters. The molecule has 0 aliphatic heterocycles. The lowest BCUT2D eigenvalue weighted by Crippen LogP contribution is -2.37. The molecular formula is C87H97Cl2N9O9S4. The predicted octanol–water partition coefficient (Wildman–Crippen LogP) is 18.8. The van der Waals surface area contributed by atoms with Crippen molar-refractivity contribution in [1.29, 1.82) is 0 Å². The summed E-state index contributed by atoms with van der Waals surface area (Å²) in [5.74, 6) is 6.28. The Labute approximate surface area is 672 Å². The number of phenols is 1. The van der Waals surface area contributed by atoms with E-state index in [2.05, 4.69) is 151 Å². The van der Waals surface area contributed by atoms with Crippen LogP contribution in [-0.4, -0.2) is 98.7 Å². The SMILES string of the molecule is C=C(NCC)C1CCCc2c1[nH]c1ccc(Cl)cc21.C=CCn1c(-c2ccccc2)csc1=Nc1ccc(O)cc1.C=S(=O)(NCC(=O)Nc1nc2ccc(OC)cc2s1)c1cccs1.CC(C)(c1ccccc1)c1ccc(OCC(=O)NC2CCCC2)cc1.Cc1cc(Cl)ccc1OCCCC(=O)NC1CCCC1=O. The molecule has 2 fully saturated rings.